The second-order valence-corrected chi connectivity index (χ2v) is 7.21. The molecular formula is C13H21NO4S. The van der Waals surface area contributed by atoms with Crippen LogP contribution in [0.15, 0.2) is 0 Å². The minimum absolute atomic E-state index is 0.00587. The van der Waals surface area contributed by atoms with Gasteiger partial charge in [0, 0.05) is 34.8 Å². The van der Waals surface area contributed by atoms with Crippen molar-refractivity contribution in [3.63, 3.8) is 0 Å². The van der Waals surface area contributed by atoms with Crippen LogP contribution in [0.25, 0.3) is 0 Å². The lowest BCUT2D eigenvalue weighted by Gasteiger charge is -2.13. The van der Waals surface area contributed by atoms with E-state index in [0.29, 0.717) is 30.4 Å². The number of hydrogen-bond donors (Lipinski definition) is 1. The molecule has 0 aromatic heterocycles. The van der Waals surface area contributed by atoms with Gasteiger partial charge in [0.25, 0.3) is 0 Å². The molecule has 0 aromatic carbocycles. The van der Waals surface area contributed by atoms with Gasteiger partial charge < -0.3 is 10.1 Å². The molecule has 2 aliphatic rings. The number of methoxy groups -OCH3 is 1. The Morgan fingerprint density at radius 1 is 1.37 bits per heavy atom. The molecule has 2 saturated carbocycles. The highest BCUT2D eigenvalue weighted by Crippen LogP contribution is 2.49. The Balaban J connectivity index is 1.66. The molecule has 0 saturated heterocycles. The summed E-state index contributed by atoms with van der Waals surface area (Å²) in [6.07, 6.45) is 4.67. The first-order valence-corrected chi connectivity index (χ1v) is 8.23. The number of carbonyl (C=O) groups excluding carboxylic acids is 2. The SMILES string of the molecule is COC(=O)CC1(CS(=O)CCC(=O)NC2CC2)CC1. The van der Waals surface area contributed by atoms with Gasteiger partial charge in [-0.3, -0.25) is 13.8 Å². The minimum Gasteiger partial charge on any atom is -0.469 e. The van der Waals surface area contributed by atoms with E-state index < -0.39 is 10.8 Å². The molecule has 1 N–H and O–H groups in total. The van der Waals surface area contributed by atoms with Gasteiger partial charge >= 0.3 is 5.97 Å². The third-order valence-corrected chi connectivity index (χ3v) is 5.26. The van der Waals surface area contributed by atoms with E-state index in [2.05, 4.69) is 10.1 Å². The van der Waals surface area contributed by atoms with Crippen LogP contribution in [0.4, 0.5) is 0 Å². The highest BCUT2D eigenvalue weighted by molar-refractivity contribution is 7.85. The third-order valence-electron chi connectivity index (χ3n) is 3.67. The van der Waals surface area contributed by atoms with E-state index in [1.807, 2.05) is 0 Å². The monoisotopic (exact) mass is 287 g/mol. The molecule has 0 aliphatic heterocycles. The lowest BCUT2D eigenvalue weighted by Crippen LogP contribution is -2.27. The molecule has 19 heavy (non-hydrogen) atoms. The highest BCUT2D eigenvalue weighted by Gasteiger charge is 2.45. The van der Waals surface area contributed by atoms with E-state index >= 15 is 0 Å². The van der Waals surface area contributed by atoms with Crippen LogP contribution in [0.5, 0.6) is 0 Å². The first-order valence-electron chi connectivity index (χ1n) is 6.74. The van der Waals surface area contributed by atoms with Crippen molar-refractivity contribution in [2.75, 3.05) is 18.6 Å². The zero-order valence-corrected chi connectivity index (χ0v) is 12.1. The van der Waals surface area contributed by atoms with Crippen LogP contribution < -0.4 is 5.32 Å². The zero-order valence-electron chi connectivity index (χ0n) is 11.3. The average molecular weight is 287 g/mol. The van der Waals surface area contributed by atoms with Crippen LogP contribution in [-0.4, -0.2) is 40.7 Å². The molecular weight excluding hydrogens is 266 g/mol. The van der Waals surface area contributed by atoms with Crippen molar-refractivity contribution in [1.29, 1.82) is 0 Å². The fraction of sp³-hybridized carbons (Fsp3) is 0.846. The number of amides is 1. The maximum Gasteiger partial charge on any atom is 0.306 e. The van der Waals surface area contributed by atoms with Crippen LogP contribution in [0.1, 0.15) is 38.5 Å². The summed E-state index contributed by atoms with van der Waals surface area (Å²) in [5, 5.41) is 2.88. The second-order valence-electron chi connectivity index (χ2n) is 5.63. The maximum absolute atomic E-state index is 12.0. The molecule has 5 nitrogen and oxygen atoms in total. The molecule has 108 valence electrons. The van der Waals surface area contributed by atoms with Crippen LogP contribution in [-0.2, 0) is 25.1 Å². The minimum atomic E-state index is -1.03. The Bertz CT molecular complexity index is 388. The van der Waals surface area contributed by atoms with Crippen molar-refractivity contribution in [3.8, 4) is 0 Å². The second kappa shape index (κ2) is 6.03. The van der Waals surface area contributed by atoms with Gasteiger partial charge in [-0.1, -0.05) is 0 Å². The summed E-state index contributed by atoms with van der Waals surface area (Å²) in [6.45, 7) is 0. The molecule has 1 unspecified atom stereocenters. The Hall–Kier alpha value is -0.910. The lowest BCUT2D eigenvalue weighted by molar-refractivity contribution is -0.141. The summed E-state index contributed by atoms with van der Waals surface area (Å²) in [5.74, 6) is 0.662. The van der Waals surface area contributed by atoms with E-state index in [9.17, 15) is 13.8 Å². The zero-order chi connectivity index (χ0) is 13.9. The van der Waals surface area contributed by atoms with Gasteiger partial charge in [0.15, 0.2) is 0 Å². The fourth-order valence-corrected chi connectivity index (χ4v) is 3.71. The maximum atomic E-state index is 12.0. The van der Waals surface area contributed by atoms with Crippen LogP contribution in [0.2, 0.25) is 0 Å². The topological polar surface area (TPSA) is 72.5 Å². The van der Waals surface area contributed by atoms with Gasteiger partial charge in [-0.25, -0.2) is 0 Å². The van der Waals surface area contributed by atoms with Crippen molar-refractivity contribution in [3.05, 3.63) is 0 Å². The van der Waals surface area contributed by atoms with Crippen LogP contribution in [0, 0.1) is 5.41 Å². The third kappa shape index (κ3) is 4.93. The van der Waals surface area contributed by atoms with E-state index in [-0.39, 0.29) is 17.3 Å². The number of carbonyl (C=O) groups is 2. The predicted octanol–water partition coefficient (Wildman–Crippen LogP) is 0.747. The largest absolute Gasteiger partial charge is 0.469 e. The summed E-state index contributed by atoms with van der Waals surface area (Å²) in [6, 6.07) is 0.357. The standard InChI is InChI=1S/C13H21NO4S/c1-18-12(16)8-13(5-6-13)9-19(17)7-4-11(15)14-10-2-3-10/h10H,2-9H2,1H3,(H,14,15). The van der Waals surface area contributed by atoms with Gasteiger partial charge in [0.1, 0.15) is 0 Å². The number of ether oxygens (including phenoxy) is 1. The Kier molecular flexibility index (Phi) is 4.60. The van der Waals surface area contributed by atoms with Gasteiger partial charge in [0.05, 0.1) is 13.5 Å². The average Bonchev–Trinajstić information content (AvgIpc) is 3.26. The summed E-state index contributed by atoms with van der Waals surface area (Å²) < 4.78 is 16.6. The van der Waals surface area contributed by atoms with Crippen molar-refractivity contribution in [2.45, 2.75) is 44.6 Å². The molecule has 0 spiro atoms. The Morgan fingerprint density at radius 3 is 2.58 bits per heavy atom. The van der Waals surface area contributed by atoms with E-state index in [1.165, 1.54) is 7.11 Å². The number of esters is 1. The van der Waals surface area contributed by atoms with Crippen molar-refractivity contribution < 1.29 is 18.5 Å². The fourth-order valence-electron chi connectivity index (χ4n) is 2.07. The molecule has 2 aliphatic carbocycles. The van der Waals surface area contributed by atoms with E-state index in [4.69, 9.17) is 0 Å². The van der Waals surface area contributed by atoms with Crippen molar-refractivity contribution in [2.24, 2.45) is 5.41 Å². The molecule has 2 rings (SSSR count). The molecule has 0 bridgehead atoms. The van der Waals surface area contributed by atoms with E-state index in [0.717, 1.165) is 25.7 Å². The van der Waals surface area contributed by atoms with Crippen molar-refractivity contribution >= 4 is 22.7 Å². The van der Waals surface area contributed by atoms with Gasteiger partial charge in [-0.05, 0) is 31.1 Å². The molecule has 0 aromatic rings. The molecule has 1 atom stereocenters. The van der Waals surface area contributed by atoms with Gasteiger partial charge in [0.2, 0.25) is 5.91 Å². The summed E-state index contributed by atoms with van der Waals surface area (Å²) in [4.78, 5) is 22.7. The van der Waals surface area contributed by atoms with Crippen LogP contribution >= 0.6 is 0 Å². The molecule has 2 fully saturated rings. The smallest absolute Gasteiger partial charge is 0.306 e. The normalized spacial score (nSPS) is 21.5. The molecule has 6 heteroatoms. The summed E-state index contributed by atoms with van der Waals surface area (Å²) in [7, 11) is 0.344. The van der Waals surface area contributed by atoms with Gasteiger partial charge in [-0.2, -0.15) is 0 Å². The van der Waals surface area contributed by atoms with E-state index in [1.54, 1.807) is 0 Å². The number of nitrogens with one attached hydrogen (secondary N) is 1. The highest BCUT2D eigenvalue weighted by atomic mass is 32.2. The molecule has 0 radical (unpaired) electrons. The van der Waals surface area contributed by atoms with Crippen molar-refractivity contribution in [1.82, 2.24) is 5.32 Å². The summed E-state index contributed by atoms with van der Waals surface area (Å²) in [5.41, 5.74) is -0.120. The molecule has 0 heterocycles. The predicted molar refractivity (Wildman–Crippen MR) is 72.0 cm³/mol. The number of hydrogen-bond acceptors (Lipinski definition) is 4. The quantitative estimate of drug-likeness (QED) is 0.669. The number of rotatable bonds is 8. The van der Waals surface area contributed by atoms with Gasteiger partial charge in [-0.15, -0.1) is 0 Å². The lowest BCUT2D eigenvalue weighted by atomic mass is 10.1. The Morgan fingerprint density at radius 2 is 2.05 bits per heavy atom. The molecule has 1 amide bonds. The first kappa shape index (κ1) is 14.5. The Labute approximate surface area is 115 Å². The first-order chi connectivity index (χ1) is 9.03. The summed E-state index contributed by atoms with van der Waals surface area (Å²) >= 11 is 0. The van der Waals surface area contributed by atoms with Crippen LogP contribution in [0.3, 0.4) is 0 Å².